The normalized spacial score (nSPS) is 33.6. The van der Waals surface area contributed by atoms with Crippen molar-refractivity contribution < 1.29 is 24.2 Å². The van der Waals surface area contributed by atoms with E-state index in [0.29, 0.717) is 18.5 Å². The van der Waals surface area contributed by atoms with Gasteiger partial charge in [-0.1, -0.05) is 38.5 Å². The second-order valence-corrected chi connectivity index (χ2v) is 10.5. The van der Waals surface area contributed by atoms with E-state index < -0.39 is 35.1 Å². The number of nitrogens with zero attached hydrogens (tertiary/aromatic N) is 1. The number of rotatable bonds is 7. The van der Waals surface area contributed by atoms with Gasteiger partial charge in [0.2, 0.25) is 17.7 Å². The number of hydrogen-bond donors (Lipinski definition) is 3. The largest absolute Gasteiger partial charge is 0.394 e. The highest BCUT2D eigenvalue weighted by Crippen LogP contribution is 2.63. The zero-order chi connectivity index (χ0) is 25.0. The molecular formula is C26H37N3O5. The van der Waals surface area contributed by atoms with Crippen LogP contribution in [0.5, 0.6) is 0 Å². The Labute approximate surface area is 201 Å². The van der Waals surface area contributed by atoms with Crippen LogP contribution in [0.3, 0.4) is 0 Å². The van der Waals surface area contributed by atoms with Crippen LogP contribution in [0.4, 0.5) is 5.69 Å². The fraction of sp³-hybridized carbons (Fsp3) is 0.654. The third kappa shape index (κ3) is 3.37. The molecule has 4 rings (SSSR count). The van der Waals surface area contributed by atoms with Crippen LogP contribution in [0, 0.1) is 31.6 Å². The summed E-state index contributed by atoms with van der Waals surface area (Å²) < 4.78 is 6.58. The molecule has 0 radical (unpaired) electrons. The van der Waals surface area contributed by atoms with Crippen LogP contribution < -0.4 is 10.6 Å². The molecule has 3 amide bonds. The summed E-state index contributed by atoms with van der Waals surface area (Å²) >= 11 is 0. The van der Waals surface area contributed by atoms with E-state index in [-0.39, 0.29) is 30.2 Å². The van der Waals surface area contributed by atoms with E-state index >= 15 is 0 Å². The molecule has 7 atom stereocenters. The van der Waals surface area contributed by atoms with Gasteiger partial charge in [0.1, 0.15) is 11.6 Å². The summed E-state index contributed by atoms with van der Waals surface area (Å²) in [6, 6.07) is 4.30. The highest BCUT2D eigenvalue weighted by atomic mass is 16.5. The number of ether oxygens (including phenoxy) is 1. The fourth-order valence-electron chi connectivity index (χ4n) is 6.59. The average molecular weight is 472 g/mol. The molecule has 8 heteroatoms. The number of para-hydroxylation sites is 1. The SMILES string of the molecule is CC[C@H](C)[C@H](CO)N1C(=O)[C@@H]2[C@H](C(=O)NC)[C@]3(C)CCC2(O3)C1C(=O)Nc1c(C)cccc1C. The first kappa shape index (κ1) is 24.7. The summed E-state index contributed by atoms with van der Waals surface area (Å²) in [7, 11) is 1.56. The van der Waals surface area contributed by atoms with Gasteiger partial charge in [0, 0.05) is 12.7 Å². The van der Waals surface area contributed by atoms with Crippen molar-refractivity contribution in [2.75, 3.05) is 19.0 Å². The standard InChI is InChI=1S/C26H37N3O5/c1-7-14(2)17(13-30)29-21(23(32)28-20-15(3)9-8-10-16(20)4)26-12-11-25(5,34-26)18(22(31)27-6)19(26)24(29)33/h8-10,14,17-19,21,30H,7,11-13H2,1-6H3,(H,27,31)(H,28,32)/t14-,17-,18+,19-,21?,25-,26?/m0/s1. The molecule has 1 spiro atoms. The molecule has 3 N–H and O–H groups in total. The van der Waals surface area contributed by atoms with Crippen molar-refractivity contribution in [1.82, 2.24) is 10.2 Å². The lowest BCUT2D eigenvalue weighted by Crippen LogP contribution is -2.57. The first-order valence-corrected chi connectivity index (χ1v) is 12.3. The number of hydrogen-bond acceptors (Lipinski definition) is 5. The molecule has 8 nitrogen and oxygen atoms in total. The van der Waals surface area contributed by atoms with Gasteiger partial charge in [0.15, 0.2) is 0 Å². The van der Waals surface area contributed by atoms with Gasteiger partial charge in [-0.2, -0.15) is 0 Å². The number of aliphatic hydroxyl groups is 1. The maximum Gasteiger partial charge on any atom is 0.250 e. The van der Waals surface area contributed by atoms with Crippen LogP contribution in [0.2, 0.25) is 0 Å². The van der Waals surface area contributed by atoms with Crippen LogP contribution in [0.15, 0.2) is 18.2 Å². The number of fused-ring (bicyclic) bond motifs is 1. The monoisotopic (exact) mass is 471 g/mol. The Bertz CT molecular complexity index is 992. The minimum atomic E-state index is -1.11. The lowest BCUT2D eigenvalue weighted by molar-refractivity contribution is -0.149. The van der Waals surface area contributed by atoms with E-state index in [1.807, 2.05) is 52.8 Å². The van der Waals surface area contributed by atoms with Gasteiger partial charge >= 0.3 is 0 Å². The Morgan fingerprint density at radius 3 is 2.44 bits per heavy atom. The molecule has 0 aliphatic carbocycles. The van der Waals surface area contributed by atoms with Gasteiger partial charge in [-0.15, -0.1) is 0 Å². The highest BCUT2D eigenvalue weighted by Gasteiger charge is 2.78. The molecule has 2 unspecified atom stereocenters. The molecular weight excluding hydrogens is 434 g/mol. The van der Waals surface area contributed by atoms with Crippen LogP contribution in [0.25, 0.3) is 0 Å². The summed E-state index contributed by atoms with van der Waals surface area (Å²) in [5.74, 6) is -2.35. The fourth-order valence-corrected chi connectivity index (χ4v) is 6.59. The molecule has 3 aliphatic rings. The first-order valence-electron chi connectivity index (χ1n) is 12.3. The second kappa shape index (κ2) is 8.64. The van der Waals surface area contributed by atoms with Crippen molar-refractivity contribution in [3.8, 4) is 0 Å². The number of anilines is 1. The molecule has 34 heavy (non-hydrogen) atoms. The van der Waals surface area contributed by atoms with E-state index in [0.717, 1.165) is 17.5 Å². The lowest BCUT2D eigenvalue weighted by Gasteiger charge is -2.39. The molecule has 0 aromatic heterocycles. The quantitative estimate of drug-likeness (QED) is 0.565. The molecule has 3 aliphatic heterocycles. The van der Waals surface area contributed by atoms with E-state index in [4.69, 9.17) is 4.74 Å². The van der Waals surface area contributed by atoms with Crippen LogP contribution in [0.1, 0.15) is 51.2 Å². The number of likely N-dealkylation sites (tertiary alicyclic amines) is 1. The number of aryl methyl sites for hydroxylation is 2. The Morgan fingerprint density at radius 1 is 1.24 bits per heavy atom. The zero-order valence-corrected chi connectivity index (χ0v) is 21.0. The number of carbonyl (C=O) groups excluding carboxylic acids is 3. The van der Waals surface area contributed by atoms with Gasteiger partial charge < -0.3 is 25.4 Å². The molecule has 1 aromatic carbocycles. The predicted molar refractivity (Wildman–Crippen MR) is 128 cm³/mol. The first-order chi connectivity index (χ1) is 16.1. The smallest absolute Gasteiger partial charge is 0.250 e. The van der Waals surface area contributed by atoms with Crippen molar-refractivity contribution in [3.63, 3.8) is 0 Å². The average Bonchev–Trinajstić information content (AvgIpc) is 3.37. The maximum absolute atomic E-state index is 14.0. The number of carbonyl (C=O) groups is 3. The molecule has 186 valence electrons. The van der Waals surface area contributed by atoms with Crippen LogP contribution in [-0.2, 0) is 19.1 Å². The number of amides is 3. The molecule has 3 fully saturated rings. The van der Waals surface area contributed by atoms with Crippen LogP contribution >= 0.6 is 0 Å². The number of benzene rings is 1. The molecule has 3 saturated heterocycles. The summed E-state index contributed by atoms with van der Waals surface area (Å²) in [6.45, 7) is 9.43. The lowest BCUT2D eigenvalue weighted by atomic mass is 9.66. The third-order valence-electron chi connectivity index (χ3n) is 8.57. The predicted octanol–water partition coefficient (Wildman–Crippen LogP) is 2.16. The zero-order valence-electron chi connectivity index (χ0n) is 21.0. The van der Waals surface area contributed by atoms with Crippen molar-refractivity contribution in [2.24, 2.45) is 17.8 Å². The van der Waals surface area contributed by atoms with Crippen molar-refractivity contribution >= 4 is 23.4 Å². The minimum absolute atomic E-state index is 0.0362. The van der Waals surface area contributed by atoms with Crippen molar-refractivity contribution in [3.05, 3.63) is 29.3 Å². The molecule has 1 aromatic rings. The minimum Gasteiger partial charge on any atom is -0.394 e. The molecule has 2 bridgehead atoms. The number of nitrogens with one attached hydrogen (secondary N) is 2. The summed E-state index contributed by atoms with van der Waals surface area (Å²) in [5.41, 5.74) is 0.640. The van der Waals surface area contributed by atoms with E-state index in [1.165, 1.54) is 0 Å². The topological polar surface area (TPSA) is 108 Å². The number of aliphatic hydroxyl groups excluding tert-OH is 1. The van der Waals surface area contributed by atoms with Gasteiger partial charge in [0.05, 0.1) is 30.1 Å². The van der Waals surface area contributed by atoms with E-state index in [1.54, 1.807) is 11.9 Å². The van der Waals surface area contributed by atoms with Gasteiger partial charge in [-0.25, -0.2) is 0 Å². The molecule has 3 heterocycles. The maximum atomic E-state index is 14.0. The van der Waals surface area contributed by atoms with Gasteiger partial charge in [-0.05, 0) is 50.7 Å². The Kier molecular flexibility index (Phi) is 6.27. The summed E-state index contributed by atoms with van der Waals surface area (Å²) in [5, 5.41) is 16.1. The summed E-state index contributed by atoms with van der Waals surface area (Å²) in [4.78, 5) is 42.6. The van der Waals surface area contributed by atoms with Gasteiger partial charge in [0.25, 0.3) is 0 Å². The van der Waals surface area contributed by atoms with E-state index in [9.17, 15) is 19.5 Å². The Morgan fingerprint density at radius 2 is 1.88 bits per heavy atom. The van der Waals surface area contributed by atoms with Crippen LogP contribution in [-0.4, -0.2) is 64.7 Å². The highest BCUT2D eigenvalue weighted by molar-refractivity contribution is 6.04. The van der Waals surface area contributed by atoms with E-state index in [2.05, 4.69) is 10.6 Å². The van der Waals surface area contributed by atoms with Crippen molar-refractivity contribution in [1.29, 1.82) is 0 Å². The molecule has 0 saturated carbocycles. The summed E-state index contributed by atoms with van der Waals surface area (Å²) in [6.07, 6.45) is 1.83. The van der Waals surface area contributed by atoms with Gasteiger partial charge in [-0.3, -0.25) is 14.4 Å². The second-order valence-electron chi connectivity index (χ2n) is 10.5. The Balaban J connectivity index is 1.83. The Hall–Kier alpha value is -2.45. The van der Waals surface area contributed by atoms with Crippen molar-refractivity contribution in [2.45, 2.75) is 77.2 Å². The third-order valence-corrected chi connectivity index (χ3v) is 8.57.